The summed E-state index contributed by atoms with van der Waals surface area (Å²) < 4.78 is 0. The first-order valence-electron chi connectivity index (χ1n) is 7.59. The second-order valence-corrected chi connectivity index (χ2v) is 5.94. The smallest absolute Gasteiger partial charge is 0.292 e. The number of carbonyl (C=O) groups is 4. The molecule has 1 aliphatic rings. The summed E-state index contributed by atoms with van der Waals surface area (Å²) in [6.07, 6.45) is 1.35. The van der Waals surface area contributed by atoms with Gasteiger partial charge in [0, 0.05) is 12.1 Å². The summed E-state index contributed by atoms with van der Waals surface area (Å²) in [4.78, 5) is 50.1. The number of ketones is 1. The molecule has 0 spiro atoms. The minimum atomic E-state index is -0.977. The Bertz CT molecular complexity index is 780. The van der Waals surface area contributed by atoms with E-state index in [-0.39, 0.29) is 12.3 Å². The van der Waals surface area contributed by atoms with E-state index in [0.717, 1.165) is 27.2 Å². The van der Waals surface area contributed by atoms with Crippen molar-refractivity contribution in [2.75, 3.05) is 13.1 Å². The zero-order valence-corrected chi connectivity index (χ0v) is 14.3. The van der Waals surface area contributed by atoms with Crippen LogP contribution in [-0.4, -0.2) is 46.5 Å². The zero-order valence-electron chi connectivity index (χ0n) is 14.3. The zero-order chi connectivity index (χ0) is 18.2. The molecule has 0 N–H and O–H groups in total. The van der Waals surface area contributed by atoms with Crippen molar-refractivity contribution in [1.29, 1.82) is 0 Å². The van der Waals surface area contributed by atoms with Crippen LogP contribution in [0.3, 0.4) is 0 Å². The molecule has 126 valence electrons. The first-order chi connectivity index (χ1) is 11.2. The Labute approximate surface area is 140 Å². The quantitative estimate of drug-likeness (QED) is 0.359. The summed E-state index contributed by atoms with van der Waals surface area (Å²) in [7, 11) is 0. The van der Waals surface area contributed by atoms with Crippen molar-refractivity contribution in [3.05, 3.63) is 46.5 Å². The van der Waals surface area contributed by atoms with Crippen LogP contribution >= 0.6 is 0 Å². The fraction of sp³-hybridized carbons (Fsp3) is 0.333. The number of rotatable bonds is 5. The second kappa shape index (κ2) is 6.39. The van der Waals surface area contributed by atoms with Crippen LogP contribution in [0, 0.1) is 27.7 Å². The molecule has 1 fully saturated rings. The average molecular weight is 328 g/mol. The maximum Gasteiger partial charge on any atom is 0.334 e. The van der Waals surface area contributed by atoms with Crippen LogP contribution in [0.15, 0.2) is 18.7 Å². The van der Waals surface area contributed by atoms with E-state index in [4.69, 9.17) is 0 Å². The van der Waals surface area contributed by atoms with E-state index in [1.165, 1.54) is 6.08 Å². The molecule has 1 aromatic rings. The third kappa shape index (κ3) is 2.75. The lowest BCUT2D eigenvalue weighted by Gasteiger charge is -2.17. The first-order valence-corrected chi connectivity index (χ1v) is 7.59. The molecule has 1 saturated heterocycles. The summed E-state index contributed by atoms with van der Waals surface area (Å²) in [6.45, 7) is 10.5. The topological polar surface area (TPSA) is 74.8 Å². The Balaban J connectivity index is 2.33. The van der Waals surface area contributed by atoms with Crippen LogP contribution < -0.4 is 0 Å². The normalized spacial score (nSPS) is 14.6. The first kappa shape index (κ1) is 17.6. The number of carbonyl (C=O) groups excluding carboxylic acids is 4. The SMILES string of the molecule is C=CCN1C(=O)C(=O)N(CC(=O)c2c(C)cc(C)c(C)c2C)C1=O. The summed E-state index contributed by atoms with van der Waals surface area (Å²) in [5.74, 6) is -2.27. The predicted molar refractivity (Wildman–Crippen MR) is 88.7 cm³/mol. The second-order valence-electron chi connectivity index (χ2n) is 5.94. The summed E-state index contributed by atoms with van der Waals surface area (Å²) >= 11 is 0. The molecule has 0 saturated carbocycles. The Hall–Kier alpha value is -2.76. The predicted octanol–water partition coefficient (Wildman–Crippen LogP) is 2.08. The van der Waals surface area contributed by atoms with Gasteiger partial charge in [-0.2, -0.15) is 0 Å². The van der Waals surface area contributed by atoms with E-state index in [1.54, 1.807) is 0 Å². The van der Waals surface area contributed by atoms with E-state index < -0.39 is 24.4 Å². The van der Waals surface area contributed by atoms with Gasteiger partial charge >= 0.3 is 17.8 Å². The lowest BCUT2D eigenvalue weighted by Crippen LogP contribution is -2.37. The van der Waals surface area contributed by atoms with Gasteiger partial charge in [-0.05, 0) is 49.9 Å². The van der Waals surface area contributed by atoms with E-state index in [1.807, 2.05) is 33.8 Å². The number of benzene rings is 1. The lowest BCUT2D eigenvalue weighted by molar-refractivity contribution is -0.142. The Morgan fingerprint density at radius 2 is 1.58 bits per heavy atom. The number of hydrogen-bond acceptors (Lipinski definition) is 4. The molecular formula is C18H20N2O4. The molecule has 0 bridgehead atoms. The lowest BCUT2D eigenvalue weighted by atomic mass is 9.92. The maximum atomic E-state index is 12.7. The highest BCUT2D eigenvalue weighted by Crippen LogP contribution is 2.23. The van der Waals surface area contributed by atoms with Gasteiger partial charge in [-0.3, -0.25) is 19.3 Å². The van der Waals surface area contributed by atoms with Crippen LogP contribution in [0.1, 0.15) is 32.6 Å². The largest absolute Gasteiger partial charge is 0.334 e. The molecule has 1 heterocycles. The van der Waals surface area contributed by atoms with Crippen LogP contribution in [-0.2, 0) is 9.59 Å². The highest BCUT2D eigenvalue weighted by atomic mass is 16.2. The van der Waals surface area contributed by atoms with Gasteiger partial charge in [0.15, 0.2) is 5.78 Å². The summed E-state index contributed by atoms with van der Waals surface area (Å²) in [6, 6.07) is 1.12. The van der Waals surface area contributed by atoms with E-state index >= 15 is 0 Å². The number of hydrogen-bond donors (Lipinski definition) is 0. The number of nitrogens with zero attached hydrogens (tertiary/aromatic N) is 2. The number of Topliss-reactive ketones (excluding diaryl/α,β-unsaturated/α-hetero) is 1. The van der Waals surface area contributed by atoms with Crippen molar-refractivity contribution in [3.63, 3.8) is 0 Å². The van der Waals surface area contributed by atoms with E-state index in [2.05, 4.69) is 6.58 Å². The number of aryl methyl sites for hydroxylation is 2. The van der Waals surface area contributed by atoms with Crippen molar-refractivity contribution in [3.8, 4) is 0 Å². The molecule has 0 radical (unpaired) electrons. The van der Waals surface area contributed by atoms with Crippen LogP contribution in [0.25, 0.3) is 0 Å². The third-order valence-corrected chi connectivity index (χ3v) is 4.38. The Morgan fingerprint density at radius 3 is 2.17 bits per heavy atom. The fourth-order valence-corrected chi connectivity index (χ4v) is 2.92. The standard InChI is InChI=1S/C18H20N2O4/c1-6-7-19-16(22)17(23)20(18(19)24)9-14(21)15-11(3)8-10(2)12(4)13(15)5/h6,8H,1,7,9H2,2-5H3. The van der Waals surface area contributed by atoms with Gasteiger partial charge in [-0.25, -0.2) is 9.69 Å². The molecule has 6 nitrogen and oxygen atoms in total. The third-order valence-electron chi connectivity index (χ3n) is 4.38. The van der Waals surface area contributed by atoms with Gasteiger partial charge in [-0.1, -0.05) is 12.1 Å². The van der Waals surface area contributed by atoms with Crippen LogP contribution in [0.4, 0.5) is 4.79 Å². The van der Waals surface area contributed by atoms with Gasteiger partial charge in [0.2, 0.25) is 0 Å². The molecule has 0 atom stereocenters. The van der Waals surface area contributed by atoms with Gasteiger partial charge in [-0.15, -0.1) is 6.58 Å². The number of amides is 4. The highest BCUT2D eigenvalue weighted by Gasteiger charge is 2.44. The Kier molecular flexibility index (Phi) is 4.68. The van der Waals surface area contributed by atoms with Crippen LogP contribution in [0.5, 0.6) is 0 Å². The molecule has 0 aliphatic carbocycles. The molecule has 1 aromatic carbocycles. The molecule has 1 aliphatic heterocycles. The monoisotopic (exact) mass is 328 g/mol. The van der Waals surface area contributed by atoms with Crippen LogP contribution in [0.2, 0.25) is 0 Å². The summed E-state index contributed by atoms with van der Waals surface area (Å²) in [5.41, 5.74) is 4.17. The van der Waals surface area contributed by atoms with E-state index in [0.29, 0.717) is 10.5 Å². The number of imide groups is 2. The molecule has 0 aromatic heterocycles. The average Bonchev–Trinajstić information content (AvgIpc) is 2.71. The minimum Gasteiger partial charge on any atom is -0.292 e. The van der Waals surface area contributed by atoms with Crippen molar-refractivity contribution < 1.29 is 19.2 Å². The van der Waals surface area contributed by atoms with Crippen molar-refractivity contribution in [2.24, 2.45) is 0 Å². The maximum absolute atomic E-state index is 12.7. The number of urea groups is 1. The molecule has 6 heteroatoms. The van der Waals surface area contributed by atoms with Crippen molar-refractivity contribution in [2.45, 2.75) is 27.7 Å². The molecule has 4 amide bonds. The van der Waals surface area contributed by atoms with Gasteiger partial charge in [0.25, 0.3) is 0 Å². The molecule has 0 unspecified atom stereocenters. The molecule has 2 rings (SSSR count). The fourth-order valence-electron chi connectivity index (χ4n) is 2.92. The minimum absolute atomic E-state index is 0.0597. The molecule has 24 heavy (non-hydrogen) atoms. The van der Waals surface area contributed by atoms with Gasteiger partial charge < -0.3 is 0 Å². The van der Waals surface area contributed by atoms with Crippen molar-refractivity contribution >= 4 is 23.6 Å². The van der Waals surface area contributed by atoms with E-state index in [9.17, 15) is 19.2 Å². The molecular weight excluding hydrogens is 308 g/mol. The Morgan fingerprint density at radius 1 is 1.00 bits per heavy atom. The summed E-state index contributed by atoms with van der Waals surface area (Å²) in [5, 5.41) is 0. The highest BCUT2D eigenvalue weighted by molar-refractivity contribution is 6.45. The van der Waals surface area contributed by atoms with Gasteiger partial charge in [0.05, 0.1) is 6.54 Å². The van der Waals surface area contributed by atoms with Crippen molar-refractivity contribution in [1.82, 2.24) is 9.80 Å². The van der Waals surface area contributed by atoms with Gasteiger partial charge in [0.1, 0.15) is 0 Å².